The summed E-state index contributed by atoms with van der Waals surface area (Å²) in [5.74, 6) is 0.430. The van der Waals surface area contributed by atoms with Gasteiger partial charge in [0.1, 0.15) is 0 Å². The summed E-state index contributed by atoms with van der Waals surface area (Å²) in [5.41, 5.74) is -0.457. The molecule has 1 unspecified atom stereocenters. The second-order valence-corrected chi connectivity index (χ2v) is 6.65. The van der Waals surface area contributed by atoms with Gasteiger partial charge in [-0.2, -0.15) is 0 Å². The van der Waals surface area contributed by atoms with Crippen LogP contribution in [0.3, 0.4) is 0 Å². The van der Waals surface area contributed by atoms with Crippen LogP contribution in [0.1, 0.15) is 45.4 Å². The van der Waals surface area contributed by atoms with Gasteiger partial charge in [0, 0.05) is 19.1 Å². The molecule has 20 heavy (non-hydrogen) atoms. The summed E-state index contributed by atoms with van der Waals surface area (Å²) in [7, 11) is 2.14. The van der Waals surface area contributed by atoms with Crippen molar-refractivity contribution in [3.63, 3.8) is 0 Å². The van der Waals surface area contributed by atoms with E-state index in [9.17, 15) is 9.90 Å². The van der Waals surface area contributed by atoms with Crippen LogP contribution in [0.5, 0.6) is 0 Å². The molecule has 5 nitrogen and oxygen atoms in total. The van der Waals surface area contributed by atoms with Gasteiger partial charge in [0.25, 0.3) is 0 Å². The minimum absolute atomic E-state index is 0.00701. The molecule has 0 bridgehead atoms. The molecule has 1 atom stereocenters. The summed E-state index contributed by atoms with van der Waals surface area (Å²) in [6, 6.07) is 0.530. The maximum absolute atomic E-state index is 11.9. The minimum Gasteiger partial charge on any atom is -0.394 e. The van der Waals surface area contributed by atoms with Gasteiger partial charge in [-0.1, -0.05) is 12.8 Å². The number of urea groups is 1. The Hall–Kier alpha value is -0.810. The monoisotopic (exact) mass is 283 g/mol. The third kappa shape index (κ3) is 4.09. The molecule has 0 aromatic heterocycles. The van der Waals surface area contributed by atoms with Crippen molar-refractivity contribution < 1.29 is 9.90 Å². The van der Waals surface area contributed by atoms with E-state index in [4.69, 9.17) is 0 Å². The summed E-state index contributed by atoms with van der Waals surface area (Å²) in [5, 5.41) is 15.3. The van der Waals surface area contributed by atoms with Crippen molar-refractivity contribution in [1.29, 1.82) is 0 Å². The van der Waals surface area contributed by atoms with Crippen LogP contribution in [0.25, 0.3) is 0 Å². The zero-order valence-corrected chi connectivity index (χ0v) is 12.8. The van der Waals surface area contributed by atoms with E-state index in [1.54, 1.807) is 0 Å². The van der Waals surface area contributed by atoms with Crippen molar-refractivity contribution in [2.45, 2.75) is 57.0 Å². The van der Waals surface area contributed by atoms with Crippen LogP contribution in [0, 0.1) is 5.92 Å². The summed E-state index contributed by atoms with van der Waals surface area (Å²) < 4.78 is 0. The largest absolute Gasteiger partial charge is 0.394 e. The smallest absolute Gasteiger partial charge is 0.315 e. The minimum atomic E-state index is -0.457. The summed E-state index contributed by atoms with van der Waals surface area (Å²) in [6.07, 6.45) is 7.43. The number of nitrogens with zero attached hydrogens (tertiary/aromatic N) is 1. The number of carbonyl (C=O) groups excluding carboxylic acids is 1. The Morgan fingerprint density at radius 3 is 2.50 bits per heavy atom. The third-order valence-electron chi connectivity index (χ3n) is 4.90. The first kappa shape index (κ1) is 15.6. The number of likely N-dealkylation sites (N-methyl/N-ethyl adjacent to an activating group) is 1. The molecular formula is C15H29N3O2. The topological polar surface area (TPSA) is 64.6 Å². The number of carbonyl (C=O) groups is 1. The Morgan fingerprint density at radius 1 is 1.30 bits per heavy atom. The maximum atomic E-state index is 11.9. The fourth-order valence-electron chi connectivity index (χ4n) is 3.17. The van der Waals surface area contributed by atoms with Gasteiger partial charge in [-0.3, -0.25) is 0 Å². The quantitative estimate of drug-likeness (QED) is 0.660. The number of hydrogen-bond acceptors (Lipinski definition) is 3. The number of hydrogen-bond donors (Lipinski definition) is 3. The lowest BCUT2D eigenvalue weighted by Crippen LogP contribution is -2.54. The lowest BCUT2D eigenvalue weighted by molar-refractivity contribution is 0.154. The highest BCUT2D eigenvalue weighted by atomic mass is 16.3. The molecule has 0 saturated heterocycles. The summed E-state index contributed by atoms with van der Waals surface area (Å²) in [4.78, 5) is 14.2. The van der Waals surface area contributed by atoms with E-state index >= 15 is 0 Å². The van der Waals surface area contributed by atoms with Crippen molar-refractivity contribution in [3.05, 3.63) is 0 Å². The molecule has 2 aliphatic carbocycles. The fourth-order valence-corrected chi connectivity index (χ4v) is 3.17. The maximum Gasteiger partial charge on any atom is 0.315 e. The standard InChI is InChI=1S/C15H29N3O2/c1-15(11-19,12-7-8-12)17-14(20)16-9-10-18(2)13-5-3-4-6-13/h12-13,19H,3-11H2,1-2H3,(H2,16,17,20). The molecular weight excluding hydrogens is 254 g/mol. The average Bonchev–Trinajstić information content (AvgIpc) is 3.14. The Balaban J connectivity index is 1.64. The summed E-state index contributed by atoms with van der Waals surface area (Å²) in [6.45, 7) is 3.48. The average molecular weight is 283 g/mol. The van der Waals surface area contributed by atoms with Gasteiger partial charge in [-0.25, -0.2) is 4.79 Å². The summed E-state index contributed by atoms with van der Waals surface area (Å²) >= 11 is 0. The van der Waals surface area contributed by atoms with Gasteiger partial charge in [-0.15, -0.1) is 0 Å². The van der Waals surface area contributed by atoms with E-state index in [0.29, 0.717) is 18.5 Å². The van der Waals surface area contributed by atoms with Crippen molar-refractivity contribution in [3.8, 4) is 0 Å². The predicted molar refractivity (Wildman–Crippen MR) is 79.6 cm³/mol. The predicted octanol–water partition coefficient (Wildman–Crippen LogP) is 1.32. The van der Waals surface area contributed by atoms with Crippen LogP contribution >= 0.6 is 0 Å². The normalized spacial score (nSPS) is 22.8. The van der Waals surface area contributed by atoms with Crippen molar-refractivity contribution in [1.82, 2.24) is 15.5 Å². The van der Waals surface area contributed by atoms with Gasteiger partial charge in [0.2, 0.25) is 0 Å². The Kier molecular flexibility index (Phi) is 5.27. The van der Waals surface area contributed by atoms with Crippen LogP contribution in [0.15, 0.2) is 0 Å². The molecule has 5 heteroatoms. The highest BCUT2D eigenvalue weighted by Gasteiger charge is 2.42. The number of rotatable bonds is 7. The van der Waals surface area contributed by atoms with E-state index in [1.807, 2.05) is 6.92 Å². The van der Waals surface area contributed by atoms with Crippen LogP contribution < -0.4 is 10.6 Å². The molecule has 116 valence electrons. The van der Waals surface area contributed by atoms with Crippen molar-refractivity contribution in [2.24, 2.45) is 5.92 Å². The van der Waals surface area contributed by atoms with E-state index in [0.717, 1.165) is 19.4 Å². The van der Waals surface area contributed by atoms with Crippen LogP contribution in [0.4, 0.5) is 4.79 Å². The molecule has 0 aromatic carbocycles. The van der Waals surface area contributed by atoms with Gasteiger partial charge in [-0.05, 0) is 45.6 Å². The number of aliphatic hydroxyl groups is 1. The lowest BCUT2D eigenvalue weighted by Gasteiger charge is -2.29. The first-order chi connectivity index (χ1) is 9.55. The van der Waals surface area contributed by atoms with Crippen molar-refractivity contribution in [2.75, 3.05) is 26.7 Å². The Morgan fingerprint density at radius 2 is 1.95 bits per heavy atom. The second-order valence-electron chi connectivity index (χ2n) is 6.65. The number of aliphatic hydroxyl groups excluding tert-OH is 1. The fraction of sp³-hybridized carbons (Fsp3) is 0.933. The molecule has 2 aliphatic rings. The highest BCUT2D eigenvalue weighted by molar-refractivity contribution is 5.74. The lowest BCUT2D eigenvalue weighted by atomic mass is 9.97. The first-order valence-electron chi connectivity index (χ1n) is 7.92. The molecule has 2 fully saturated rings. The molecule has 2 rings (SSSR count). The van der Waals surface area contributed by atoms with Crippen LogP contribution in [-0.4, -0.2) is 54.4 Å². The van der Waals surface area contributed by atoms with E-state index in [1.165, 1.54) is 25.7 Å². The van der Waals surface area contributed by atoms with Crippen LogP contribution in [-0.2, 0) is 0 Å². The van der Waals surface area contributed by atoms with Gasteiger partial charge >= 0.3 is 6.03 Å². The highest BCUT2D eigenvalue weighted by Crippen LogP contribution is 2.39. The van der Waals surface area contributed by atoms with E-state index in [-0.39, 0.29) is 12.6 Å². The SMILES string of the molecule is CN(CCNC(=O)NC(C)(CO)C1CC1)C1CCCC1. The van der Waals surface area contributed by atoms with Crippen molar-refractivity contribution >= 4 is 6.03 Å². The first-order valence-corrected chi connectivity index (χ1v) is 7.92. The molecule has 2 amide bonds. The van der Waals surface area contributed by atoms with Crippen LogP contribution in [0.2, 0.25) is 0 Å². The molecule has 0 spiro atoms. The third-order valence-corrected chi connectivity index (χ3v) is 4.90. The molecule has 2 saturated carbocycles. The van der Waals surface area contributed by atoms with E-state index < -0.39 is 5.54 Å². The van der Waals surface area contributed by atoms with Gasteiger partial charge < -0.3 is 20.6 Å². The number of amides is 2. The molecule has 3 N–H and O–H groups in total. The molecule has 0 heterocycles. The zero-order valence-electron chi connectivity index (χ0n) is 12.8. The van der Waals surface area contributed by atoms with Gasteiger partial charge in [0.05, 0.1) is 12.1 Å². The molecule has 0 aliphatic heterocycles. The Labute approximate surface area is 122 Å². The van der Waals surface area contributed by atoms with E-state index in [2.05, 4.69) is 22.6 Å². The molecule has 0 radical (unpaired) electrons. The Bertz CT molecular complexity index is 327. The zero-order chi connectivity index (χ0) is 14.6. The van der Waals surface area contributed by atoms with Gasteiger partial charge in [0.15, 0.2) is 0 Å². The molecule has 0 aromatic rings. The number of nitrogens with one attached hydrogen (secondary N) is 2. The second kappa shape index (κ2) is 6.76.